The minimum absolute atomic E-state index is 0.0841. The fourth-order valence-corrected chi connectivity index (χ4v) is 5.95. The Labute approximate surface area is 219 Å². The van der Waals surface area contributed by atoms with Crippen LogP contribution in [-0.2, 0) is 27.8 Å². The summed E-state index contributed by atoms with van der Waals surface area (Å²) in [6.07, 6.45) is 0.708. The fourth-order valence-electron chi connectivity index (χ4n) is 4.46. The molecule has 0 fully saturated rings. The van der Waals surface area contributed by atoms with Crippen LogP contribution < -0.4 is 13.8 Å². The third-order valence-electron chi connectivity index (χ3n) is 6.20. The van der Waals surface area contributed by atoms with Gasteiger partial charge in [-0.25, -0.2) is 17.8 Å². The molecule has 38 heavy (non-hydrogen) atoms. The number of aliphatic carboxylic acids is 1. The Morgan fingerprint density at radius 3 is 2.58 bits per heavy atom. The average Bonchev–Trinajstić information content (AvgIpc) is 3.23. The maximum absolute atomic E-state index is 13.8. The van der Waals surface area contributed by atoms with E-state index in [1.54, 1.807) is 41.0 Å². The number of ether oxygens (including phenoxy) is 2. The van der Waals surface area contributed by atoms with E-state index in [0.29, 0.717) is 40.5 Å². The van der Waals surface area contributed by atoms with Crippen molar-refractivity contribution in [1.29, 1.82) is 0 Å². The van der Waals surface area contributed by atoms with Crippen LogP contribution >= 0.6 is 0 Å². The Hall–Kier alpha value is -4.12. The van der Waals surface area contributed by atoms with Gasteiger partial charge in [0.15, 0.2) is 17.6 Å². The molecule has 1 atom stereocenters. The van der Waals surface area contributed by atoms with Gasteiger partial charge in [0.25, 0.3) is 10.0 Å². The standard InChI is InChI=1S/C27H26FN3O6S/c1-2-5-26-29-22-14-19(10-13-23(22)30(26)16-27(32)33)31(38(34,35)21-11-8-18(28)9-12-21)15-20-17-36-24-6-3-4-7-25(24)37-20/h3-4,6-14,20H,2,5,15-17H2,1H3,(H,32,33). The summed E-state index contributed by atoms with van der Waals surface area (Å²) in [6, 6.07) is 16.6. The first-order valence-corrected chi connectivity index (χ1v) is 13.6. The zero-order valence-corrected chi connectivity index (χ0v) is 21.4. The number of carboxylic acids is 1. The maximum atomic E-state index is 13.8. The molecule has 11 heteroatoms. The predicted molar refractivity (Wildman–Crippen MR) is 139 cm³/mol. The number of aromatic nitrogens is 2. The van der Waals surface area contributed by atoms with Crippen LogP contribution in [0.2, 0.25) is 0 Å². The smallest absolute Gasteiger partial charge is 0.323 e. The number of rotatable bonds is 9. The van der Waals surface area contributed by atoms with E-state index >= 15 is 0 Å². The van der Waals surface area contributed by atoms with E-state index < -0.39 is 27.9 Å². The van der Waals surface area contributed by atoms with Crippen molar-refractivity contribution in [2.75, 3.05) is 17.5 Å². The van der Waals surface area contributed by atoms with E-state index in [9.17, 15) is 22.7 Å². The molecule has 1 unspecified atom stereocenters. The van der Waals surface area contributed by atoms with Gasteiger partial charge in [0.2, 0.25) is 0 Å². The first kappa shape index (κ1) is 25.5. The van der Waals surface area contributed by atoms with Gasteiger partial charge in [-0.3, -0.25) is 9.10 Å². The molecule has 0 amide bonds. The molecule has 1 aliphatic rings. The van der Waals surface area contributed by atoms with Crippen molar-refractivity contribution in [3.8, 4) is 11.5 Å². The number of halogens is 1. The number of aryl methyl sites for hydroxylation is 1. The molecule has 0 spiro atoms. The molecule has 0 aliphatic carbocycles. The summed E-state index contributed by atoms with van der Waals surface area (Å²) >= 11 is 0. The largest absolute Gasteiger partial charge is 0.486 e. The lowest BCUT2D eigenvalue weighted by atomic mass is 10.2. The molecule has 0 saturated carbocycles. The van der Waals surface area contributed by atoms with Crippen LogP contribution in [0.5, 0.6) is 11.5 Å². The van der Waals surface area contributed by atoms with Crippen LogP contribution in [0.3, 0.4) is 0 Å². The fraction of sp³-hybridized carbons (Fsp3) is 0.259. The number of nitrogens with zero attached hydrogens (tertiary/aromatic N) is 3. The zero-order chi connectivity index (χ0) is 26.9. The summed E-state index contributed by atoms with van der Waals surface area (Å²) < 4.78 is 55.9. The van der Waals surface area contributed by atoms with Gasteiger partial charge in [-0.05, 0) is 61.0 Å². The van der Waals surface area contributed by atoms with Crippen molar-refractivity contribution < 1.29 is 32.2 Å². The average molecular weight is 540 g/mol. The zero-order valence-electron chi connectivity index (χ0n) is 20.6. The van der Waals surface area contributed by atoms with Gasteiger partial charge in [0.1, 0.15) is 24.8 Å². The molecule has 0 radical (unpaired) electrons. The second-order valence-corrected chi connectivity index (χ2v) is 10.8. The molecule has 5 rings (SSSR count). The lowest BCUT2D eigenvalue weighted by Gasteiger charge is -2.32. The van der Waals surface area contributed by atoms with Crippen molar-refractivity contribution in [3.63, 3.8) is 0 Å². The van der Waals surface area contributed by atoms with Gasteiger partial charge in [-0.2, -0.15) is 0 Å². The topological polar surface area (TPSA) is 111 Å². The highest BCUT2D eigenvalue weighted by molar-refractivity contribution is 7.92. The van der Waals surface area contributed by atoms with Gasteiger partial charge in [0, 0.05) is 6.42 Å². The van der Waals surface area contributed by atoms with Gasteiger partial charge < -0.3 is 19.1 Å². The number of sulfonamides is 1. The summed E-state index contributed by atoms with van der Waals surface area (Å²) in [5, 5.41) is 9.40. The molecule has 0 saturated heterocycles. The van der Waals surface area contributed by atoms with Crippen molar-refractivity contribution in [2.45, 2.75) is 37.3 Å². The van der Waals surface area contributed by atoms with E-state index in [4.69, 9.17) is 9.47 Å². The van der Waals surface area contributed by atoms with Crippen molar-refractivity contribution in [2.24, 2.45) is 0 Å². The SMILES string of the molecule is CCCc1nc2cc(N(CC3COc4ccccc4O3)S(=O)(=O)c3ccc(F)cc3)ccc2n1CC(=O)O. The Bertz CT molecular complexity index is 1590. The highest BCUT2D eigenvalue weighted by Crippen LogP contribution is 2.33. The summed E-state index contributed by atoms with van der Waals surface area (Å²) in [5.41, 5.74) is 1.37. The molecular weight excluding hydrogens is 513 g/mol. The Kier molecular flexibility index (Phi) is 6.94. The predicted octanol–water partition coefficient (Wildman–Crippen LogP) is 4.25. The van der Waals surface area contributed by atoms with Crippen LogP contribution in [-0.4, -0.2) is 48.3 Å². The normalized spacial score (nSPS) is 14.9. The third-order valence-corrected chi connectivity index (χ3v) is 8.01. The third kappa shape index (κ3) is 5.01. The van der Waals surface area contributed by atoms with Crippen LogP contribution in [0, 0.1) is 5.82 Å². The summed E-state index contributed by atoms with van der Waals surface area (Å²) in [6.45, 7) is 1.76. The molecule has 3 aromatic carbocycles. The van der Waals surface area contributed by atoms with E-state index in [-0.39, 0.29) is 24.6 Å². The summed E-state index contributed by atoms with van der Waals surface area (Å²) in [7, 11) is -4.15. The number of carbonyl (C=O) groups is 1. The minimum Gasteiger partial charge on any atom is -0.486 e. The first-order valence-electron chi connectivity index (χ1n) is 12.1. The Morgan fingerprint density at radius 1 is 1.13 bits per heavy atom. The molecule has 198 valence electrons. The van der Waals surface area contributed by atoms with Crippen molar-refractivity contribution in [1.82, 2.24) is 9.55 Å². The molecule has 0 bridgehead atoms. The van der Waals surface area contributed by atoms with E-state index in [1.807, 2.05) is 13.0 Å². The second kappa shape index (κ2) is 10.3. The Morgan fingerprint density at radius 2 is 1.87 bits per heavy atom. The van der Waals surface area contributed by atoms with Crippen molar-refractivity contribution >= 4 is 32.7 Å². The molecule has 1 aliphatic heterocycles. The molecule has 1 N–H and O–H groups in total. The van der Waals surface area contributed by atoms with Crippen molar-refractivity contribution in [3.05, 3.63) is 78.4 Å². The second-order valence-electron chi connectivity index (χ2n) is 8.92. The number of imidazole rings is 1. The minimum atomic E-state index is -4.15. The highest BCUT2D eigenvalue weighted by atomic mass is 32.2. The molecule has 9 nitrogen and oxygen atoms in total. The van der Waals surface area contributed by atoms with E-state index in [1.165, 1.54) is 16.4 Å². The van der Waals surface area contributed by atoms with E-state index in [0.717, 1.165) is 18.6 Å². The molecule has 4 aromatic rings. The van der Waals surface area contributed by atoms with Gasteiger partial charge in [0.05, 0.1) is 28.2 Å². The van der Waals surface area contributed by atoms with Crippen LogP contribution in [0.25, 0.3) is 11.0 Å². The maximum Gasteiger partial charge on any atom is 0.323 e. The van der Waals surface area contributed by atoms with Gasteiger partial charge in [-0.15, -0.1) is 0 Å². The quantitative estimate of drug-likeness (QED) is 0.339. The van der Waals surface area contributed by atoms with Crippen LogP contribution in [0.1, 0.15) is 19.2 Å². The summed E-state index contributed by atoms with van der Waals surface area (Å²) in [5.74, 6) is 0.141. The molecule has 2 heterocycles. The summed E-state index contributed by atoms with van der Waals surface area (Å²) in [4.78, 5) is 16.0. The number of anilines is 1. The monoisotopic (exact) mass is 539 g/mol. The number of fused-ring (bicyclic) bond motifs is 2. The Balaban J connectivity index is 1.57. The first-order chi connectivity index (χ1) is 18.3. The number of benzene rings is 3. The lowest BCUT2D eigenvalue weighted by Crippen LogP contribution is -2.43. The van der Waals surface area contributed by atoms with Crippen LogP contribution in [0.15, 0.2) is 71.6 Å². The van der Waals surface area contributed by atoms with Gasteiger partial charge in [-0.1, -0.05) is 19.1 Å². The number of carboxylic acid groups (broad SMARTS) is 1. The molecular formula is C27H26FN3O6S. The lowest BCUT2D eigenvalue weighted by molar-refractivity contribution is -0.137. The number of hydrogen-bond donors (Lipinski definition) is 1. The number of para-hydroxylation sites is 2. The van der Waals surface area contributed by atoms with E-state index in [2.05, 4.69) is 4.98 Å². The number of hydrogen-bond acceptors (Lipinski definition) is 6. The highest BCUT2D eigenvalue weighted by Gasteiger charge is 2.31. The molecule has 1 aromatic heterocycles. The van der Waals surface area contributed by atoms with Crippen LogP contribution in [0.4, 0.5) is 10.1 Å². The van der Waals surface area contributed by atoms with Gasteiger partial charge >= 0.3 is 5.97 Å².